The summed E-state index contributed by atoms with van der Waals surface area (Å²) in [4.78, 5) is 0. The lowest BCUT2D eigenvalue weighted by atomic mass is 9.78. The molecule has 3 aromatic rings. The first-order valence-electron chi connectivity index (χ1n) is 12.8. The molecule has 0 heterocycles. The first-order valence-corrected chi connectivity index (χ1v) is 12.8. The first-order chi connectivity index (χ1) is 16.9. The van der Waals surface area contributed by atoms with Crippen LogP contribution >= 0.6 is 0 Å². The van der Waals surface area contributed by atoms with Crippen LogP contribution in [0, 0.1) is 35.1 Å². The number of aryl methyl sites for hydroxylation is 3. The maximum absolute atomic E-state index is 15.1. The fourth-order valence-corrected chi connectivity index (χ4v) is 5.46. The predicted octanol–water partition coefficient (Wildman–Crippen LogP) is 8.35. The summed E-state index contributed by atoms with van der Waals surface area (Å²) >= 11 is 0. The second kappa shape index (κ2) is 12.0. The summed E-state index contributed by atoms with van der Waals surface area (Å²) in [5.41, 5.74) is 2.02. The highest BCUT2D eigenvalue weighted by molar-refractivity contribution is 5.84. The molecule has 0 saturated heterocycles. The van der Waals surface area contributed by atoms with Crippen molar-refractivity contribution in [2.45, 2.75) is 64.2 Å². The van der Waals surface area contributed by atoms with E-state index >= 15 is 4.39 Å². The normalized spacial score (nSPS) is 18.3. The molecule has 0 spiro atoms. The van der Waals surface area contributed by atoms with Crippen LogP contribution in [0.25, 0.3) is 10.8 Å². The third kappa shape index (κ3) is 6.63. The molecule has 0 unspecified atom stereocenters. The molecule has 3 aromatic carbocycles. The molecule has 0 aliphatic heterocycles. The van der Waals surface area contributed by atoms with Crippen LogP contribution in [0.1, 0.15) is 61.6 Å². The zero-order chi connectivity index (χ0) is 24.8. The van der Waals surface area contributed by atoms with Gasteiger partial charge in [0.05, 0.1) is 0 Å². The highest BCUT2D eigenvalue weighted by Gasteiger charge is 2.21. The summed E-state index contributed by atoms with van der Waals surface area (Å²) in [7, 11) is 1.76. The van der Waals surface area contributed by atoms with Crippen LogP contribution in [0.15, 0.2) is 42.5 Å². The second-order valence-corrected chi connectivity index (χ2v) is 10.0. The molecule has 0 N–H and O–H groups in total. The van der Waals surface area contributed by atoms with E-state index in [1.165, 1.54) is 44.1 Å². The number of hydrogen-bond acceptors (Lipinski definition) is 1. The number of benzene rings is 3. The summed E-state index contributed by atoms with van der Waals surface area (Å²) < 4.78 is 60.4. The van der Waals surface area contributed by atoms with Gasteiger partial charge >= 0.3 is 0 Å². The maximum Gasteiger partial charge on any atom is 0.194 e. The molecule has 1 saturated carbocycles. The van der Waals surface area contributed by atoms with Crippen LogP contribution in [0.4, 0.5) is 17.6 Å². The summed E-state index contributed by atoms with van der Waals surface area (Å²) in [6.45, 7) is 0.859. The standard InChI is InChI=1S/C30H34F4O/c1-35-16-2-3-20-4-6-21(7-5-20)8-9-22-11-15-26-25(17-22)14-13-24(29(26)33)12-10-23-18-27(31)30(34)28(32)19-23/h11,13-15,17-21H,2-10,12,16H2,1H3. The van der Waals surface area contributed by atoms with Crippen LogP contribution in [-0.4, -0.2) is 13.7 Å². The molecule has 5 heteroatoms. The molecule has 35 heavy (non-hydrogen) atoms. The number of fused-ring (bicyclic) bond motifs is 1. The molecule has 1 nitrogen and oxygen atoms in total. The van der Waals surface area contributed by atoms with E-state index in [-0.39, 0.29) is 18.7 Å². The molecular weight excluding hydrogens is 452 g/mol. The Balaban J connectivity index is 1.32. The Morgan fingerprint density at radius 3 is 2.09 bits per heavy atom. The molecule has 188 valence electrons. The Bertz CT molecular complexity index is 1110. The fourth-order valence-electron chi connectivity index (χ4n) is 5.46. The minimum Gasteiger partial charge on any atom is -0.385 e. The van der Waals surface area contributed by atoms with Crippen LogP contribution in [0.3, 0.4) is 0 Å². The average Bonchev–Trinajstić information content (AvgIpc) is 2.86. The maximum atomic E-state index is 15.1. The van der Waals surface area contributed by atoms with Crippen molar-refractivity contribution in [3.05, 3.63) is 82.4 Å². The average molecular weight is 487 g/mol. The van der Waals surface area contributed by atoms with E-state index < -0.39 is 17.5 Å². The minimum absolute atomic E-state index is 0.225. The van der Waals surface area contributed by atoms with Gasteiger partial charge in [-0.15, -0.1) is 0 Å². The second-order valence-electron chi connectivity index (χ2n) is 10.0. The summed E-state index contributed by atoms with van der Waals surface area (Å²) in [5, 5.41) is 1.42. The van der Waals surface area contributed by atoms with Crippen molar-refractivity contribution >= 4 is 10.8 Å². The van der Waals surface area contributed by atoms with Crippen molar-refractivity contribution in [2.24, 2.45) is 11.8 Å². The molecule has 1 fully saturated rings. The number of rotatable bonds is 10. The van der Waals surface area contributed by atoms with Crippen molar-refractivity contribution in [3.8, 4) is 0 Å². The van der Waals surface area contributed by atoms with Gasteiger partial charge in [-0.3, -0.25) is 0 Å². The van der Waals surface area contributed by atoms with Crippen molar-refractivity contribution in [2.75, 3.05) is 13.7 Å². The smallest absolute Gasteiger partial charge is 0.194 e. The summed E-state index contributed by atoms with van der Waals surface area (Å²) in [6, 6.07) is 11.5. The van der Waals surface area contributed by atoms with Gasteiger partial charge in [0.15, 0.2) is 17.5 Å². The molecule has 0 aromatic heterocycles. The van der Waals surface area contributed by atoms with Crippen molar-refractivity contribution in [3.63, 3.8) is 0 Å². The molecule has 0 bridgehead atoms. The van der Waals surface area contributed by atoms with Crippen molar-refractivity contribution < 1.29 is 22.3 Å². The van der Waals surface area contributed by atoms with Crippen LogP contribution in [0.5, 0.6) is 0 Å². The van der Waals surface area contributed by atoms with Gasteiger partial charge in [0.25, 0.3) is 0 Å². The lowest BCUT2D eigenvalue weighted by Gasteiger charge is -2.28. The quantitative estimate of drug-likeness (QED) is 0.159. The van der Waals surface area contributed by atoms with E-state index in [1.807, 2.05) is 18.2 Å². The Morgan fingerprint density at radius 2 is 1.40 bits per heavy atom. The van der Waals surface area contributed by atoms with Gasteiger partial charge in [-0.25, -0.2) is 17.6 Å². The molecule has 1 aliphatic carbocycles. The summed E-state index contributed by atoms with van der Waals surface area (Å²) in [5.74, 6) is -2.61. The number of methoxy groups -OCH3 is 1. The molecular formula is C30H34F4O. The van der Waals surface area contributed by atoms with E-state index in [9.17, 15) is 13.2 Å². The van der Waals surface area contributed by atoms with E-state index in [2.05, 4.69) is 6.07 Å². The molecule has 4 rings (SSSR count). The third-order valence-corrected chi connectivity index (χ3v) is 7.59. The number of ether oxygens (including phenoxy) is 1. The van der Waals surface area contributed by atoms with Gasteiger partial charge < -0.3 is 4.74 Å². The highest BCUT2D eigenvalue weighted by Crippen LogP contribution is 2.34. The fraction of sp³-hybridized carbons (Fsp3) is 0.467. The van der Waals surface area contributed by atoms with E-state index in [0.29, 0.717) is 16.5 Å². The largest absolute Gasteiger partial charge is 0.385 e. The van der Waals surface area contributed by atoms with E-state index in [0.717, 1.165) is 48.8 Å². The predicted molar refractivity (Wildman–Crippen MR) is 133 cm³/mol. The van der Waals surface area contributed by atoms with Gasteiger partial charge in [0.2, 0.25) is 0 Å². The van der Waals surface area contributed by atoms with Crippen molar-refractivity contribution in [1.29, 1.82) is 0 Å². The van der Waals surface area contributed by atoms with Gasteiger partial charge in [0.1, 0.15) is 5.82 Å². The zero-order valence-electron chi connectivity index (χ0n) is 20.4. The number of hydrogen-bond donors (Lipinski definition) is 0. The van der Waals surface area contributed by atoms with Gasteiger partial charge in [-0.2, -0.15) is 0 Å². The van der Waals surface area contributed by atoms with Crippen LogP contribution in [-0.2, 0) is 24.0 Å². The van der Waals surface area contributed by atoms with Gasteiger partial charge in [-0.1, -0.05) is 56.0 Å². The van der Waals surface area contributed by atoms with E-state index in [1.54, 1.807) is 13.2 Å². The lowest BCUT2D eigenvalue weighted by Crippen LogP contribution is -2.15. The molecule has 0 amide bonds. The molecule has 0 radical (unpaired) electrons. The summed E-state index contributed by atoms with van der Waals surface area (Å²) in [6.07, 6.45) is 10.3. The Labute approximate surface area is 205 Å². The first kappa shape index (κ1) is 25.7. The third-order valence-electron chi connectivity index (χ3n) is 7.59. The zero-order valence-corrected chi connectivity index (χ0v) is 20.4. The van der Waals surface area contributed by atoms with Gasteiger partial charge in [-0.05, 0) is 84.6 Å². The Morgan fingerprint density at radius 1 is 0.714 bits per heavy atom. The number of halogens is 4. The Kier molecular flexibility index (Phi) is 8.83. The topological polar surface area (TPSA) is 9.23 Å². The van der Waals surface area contributed by atoms with Crippen LogP contribution < -0.4 is 0 Å². The van der Waals surface area contributed by atoms with E-state index in [4.69, 9.17) is 4.74 Å². The van der Waals surface area contributed by atoms with Crippen molar-refractivity contribution in [1.82, 2.24) is 0 Å². The van der Waals surface area contributed by atoms with Gasteiger partial charge in [0, 0.05) is 19.1 Å². The molecule has 0 atom stereocenters. The Hall–Kier alpha value is -2.40. The SMILES string of the molecule is COCCCC1CCC(CCc2ccc3c(F)c(CCc4cc(F)c(F)c(F)c4)ccc3c2)CC1. The molecule has 1 aliphatic rings. The monoisotopic (exact) mass is 486 g/mol. The highest BCUT2D eigenvalue weighted by atomic mass is 19.2. The lowest BCUT2D eigenvalue weighted by molar-refractivity contribution is 0.175. The van der Waals surface area contributed by atoms with Crippen LogP contribution in [0.2, 0.25) is 0 Å². The minimum atomic E-state index is -1.48.